The number of aromatic nitrogens is 2. The molecule has 2 aromatic rings. The molecule has 0 atom stereocenters. The minimum Gasteiger partial charge on any atom is -0.430 e. The summed E-state index contributed by atoms with van der Waals surface area (Å²) in [6.07, 6.45) is 2.05. The fourth-order valence-electron chi connectivity index (χ4n) is 1.56. The van der Waals surface area contributed by atoms with Crippen molar-refractivity contribution >= 4 is 23.1 Å². The third-order valence-electron chi connectivity index (χ3n) is 2.54. The van der Waals surface area contributed by atoms with Gasteiger partial charge in [-0.15, -0.1) is 16.9 Å². The van der Waals surface area contributed by atoms with Crippen LogP contribution in [0.25, 0.3) is 0 Å². The van der Waals surface area contributed by atoms with E-state index in [1.807, 2.05) is 24.3 Å². The minimum atomic E-state index is 0.586. The van der Waals surface area contributed by atoms with Gasteiger partial charge in [0.25, 0.3) is 5.19 Å². The molecule has 0 aliphatic carbocycles. The lowest BCUT2D eigenvalue weighted by Crippen LogP contribution is -2.18. The predicted octanol–water partition coefficient (Wildman–Crippen LogP) is 3.80. The average molecular weight is 309 g/mol. The first-order valence-electron chi connectivity index (χ1n) is 6.52. The van der Waals surface area contributed by atoms with Gasteiger partial charge in [-0.05, 0) is 43.0 Å². The number of rotatable bonds is 7. The zero-order valence-electron chi connectivity index (χ0n) is 11.9. The van der Waals surface area contributed by atoms with Crippen LogP contribution in [0, 0.1) is 5.92 Å². The van der Waals surface area contributed by atoms with E-state index in [9.17, 15) is 0 Å². The maximum Gasteiger partial charge on any atom is 0.299 e. The lowest BCUT2D eigenvalue weighted by atomic mass is 10.2. The monoisotopic (exact) mass is 309 g/mol. The van der Waals surface area contributed by atoms with Crippen LogP contribution in [0.5, 0.6) is 10.9 Å². The average Bonchev–Trinajstić information content (AvgIpc) is 2.87. The summed E-state index contributed by atoms with van der Waals surface area (Å²) in [4.78, 5) is 1.22. The van der Waals surface area contributed by atoms with Gasteiger partial charge in [0.05, 0.1) is 0 Å². The van der Waals surface area contributed by atoms with Gasteiger partial charge >= 0.3 is 0 Å². The summed E-state index contributed by atoms with van der Waals surface area (Å²) in [5, 5.41) is 13.0. The lowest BCUT2D eigenvalue weighted by molar-refractivity contribution is 0.472. The van der Waals surface area contributed by atoms with E-state index in [4.69, 9.17) is 4.74 Å². The van der Waals surface area contributed by atoms with Crippen LogP contribution in [-0.4, -0.2) is 23.0 Å². The van der Waals surface area contributed by atoms with Crippen molar-refractivity contribution in [2.45, 2.75) is 25.3 Å². The SMILES string of the molecule is CSc1ccc(Oc2nnc(CNCC(C)C)s2)cc1. The summed E-state index contributed by atoms with van der Waals surface area (Å²) < 4.78 is 5.69. The quantitative estimate of drug-likeness (QED) is 0.788. The van der Waals surface area contributed by atoms with Crippen LogP contribution in [0.3, 0.4) is 0 Å². The van der Waals surface area contributed by atoms with Crippen molar-refractivity contribution in [3.8, 4) is 10.9 Å². The zero-order chi connectivity index (χ0) is 14.4. The molecule has 6 heteroatoms. The van der Waals surface area contributed by atoms with E-state index in [0.29, 0.717) is 11.1 Å². The van der Waals surface area contributed by atoms with E-state index in [2.05, 4.69) is 35.6 Å². The van der Waals surface area contributed by atoms with Crippen molar-refractivity contribution < 1.29 is 4.74 Å². The summed E-state index contributed by atoms with van der Waals surface area (Å²) in [7, 11) is 0. The largest absolute Gasteiger partial charge is 0.430 e. The minimum absolute atomic E-state index is 0.586. The van der Waals surface area contributed by atoms with Crippen LogP contribution in [0.15, 0.2) is 29.2 Å². The molecule has 0 saturated heterocycles. The molecule has 1 N–H and O–H groups in total. The summed E-state index contributed by atoms with van der Waals surface area (Å²) in [5.74, 6) is 1.43. The van der Waals surface area contributed by atoms with Crippen LogP contribution < -0.4 is 10.1 Å². The Kier molecular flexibility index (Phi) is 5.82. The molecule has 0 fully saturated rings. The van der Waals surface area contributed by atoms with Gasteiger partial charge in [-0.3, -0.25) is 0 Å². The third kappa shape index (κ3) is 4.77. The highest BCUT2D eigenvalue weighted by Gasteiger charge is 2.06. The van der Waals surface area contributed by atoms with E-state index in [-0.39, 0.29) is 0 Å². The van der Waals surface area contributed by atoms with Crippen molar-refractivity contribution in [3.63, 3.8) is 0 Å². The molecule has 20 heavy (non-hydrogen) atoms. The van der Waals surface area contributed by atoms with Crippen molar-refractivity contribution in [2.24, 2.45) is 5.92 Å². The van der Waals surface area contributed by atoms with Gasteiger partial charge < -0.3 is 10.1 Å². The normalized spacial score (nSPS) is 11.0. The fraction of sp³-hybridized carbons (Fsp3) is 0.429. The van der Waals surface area contributed by atoms with Crippen LogP contribution in [0.1, 0.15) is 18.9 Å². The molecule has 0 saturated carbocycles. The van der Waals surface area contributed by atoms with Gasteiger partial charge in [0.1, 0.15) is 10.8 Å². The van der Waals surface area contributed by atoms with Gasteiger partial charge in [-0.2, -0.15) is 0 Å². The number of thioether (sulfide) groups is 1. The van der Waals surface area contributed by atoms with Crippen LogP contribution in [-0.2, 0) is 6.54 Å². The maximum atomic E-state index is 5.69. The molecule has 1 heterocycles. The second-order valence-corrected chi connectivity index (χ2v) is 6.67. The van der Waals surface area contributed by atoms with E-state index < -0.39 is 0 Å². The van der Waals surface area contributed by atoms with Gasteiger partial charge in [0.15, 0.2) is 0 Å². The van der Waals surface area contributed by atoms with Crippen LogP contribution in [0.4, 0.5) is 0 Å². The molecular formula is C14H19N3OS2. The van der Waals surface area contributed by atoms with Gasteiger partial charge in [-0.25, -0.2) is 0 Å². The van der Waals surface area contributed by atoms with Gasteiger partial charge in [0, 0.05) is 11.4 Å². The third-order valence-corrected chi connectivity index (χ3v) is 4.09. The Hall–Kier alpha value is -1.11. The molecule has 108 valence electrons. The van der Waals surface area contributed by atoms with Gasteiger partial charge in [-0.1, -0.05) is 30.3 Å². The Morgan fingerprint density at radius 1 is 1.25 bits per heavy atom. The molecule has 0 aliphatic heterocycles. The summed E-state index contributed by atoms with van der Waals surface area (Å²) in [6.45, 7) is 6.08. The zero-order valence-corrected chi connectivity index (χ0v) is 13.6. The Morgan fingerprint density at radius 3 is 2.65 bits per heavy atom. The fourth-order valence-corrected chi connectivity index (χ4v) is 2.65. The van der Waals surface area contributed by atoms with Crippen molar-refractivity contribution in [3.05, 3.63) is 29.3 Å². The van der Waals surface area contributed by atoms with Crippen LogP contribution in [0.2, 0.25) is 0 Å². The molecule has 0 amide bonds. The highest BCUT2D eigenvalue weighted by Crippen LogP contribution is 2.26. The predicted molar refractivity (Wildman–Crippen MR) is 84.8 cm³/mol. The molecule has 0 radical (unpaired) electrons. The molecule has 4 nitrogen and oxygen atoms in total. The van der Waals surface area contributed by atoms with E-state index in [0.717, 1.165) is 23.8 Å². The standard InChI is InChI=1S/C14H19N3OS2/c1-10(2)8-15-9-13-16-17-14(20-13)18-11-4-6-12(19-3)7-5-11/h4-7,10,15H,8-9H2,1-3H3. The highest BCUT2D eigenvalue weighted by atomic mass is 32.2. The van der Waals surface area contributed by atoms with Crippen LogP contribution >= 0.6 is 23.1 Å². The smallest absolute Gasteiger partial charge is 0.299 e. The topological polar surface area (TPSA) is 47.0 Å². The van der Waals surface area contributed by atoms with E-state index in [1.165, 1.54) is 16.2 Å². The van der Waals surface area contributed by atoms with Crippen molar-refractivity contribution in [1.29, 1.82) is 0 Å². The van der Waals surface area contributed by atoms with Gasteiger partial charge in [0.2, 0.25) is 0 Å². The first-order valence-corrected chi connectivity index (χ1v) is 8.56. The number of nitrogens with one attached hydrogen (secondary N) is 1. The molecule has 0 aliphatic rings. The summed E-state index contributed by atoms with van der Waals surface area (Å²) in [6, 6.07) is 7.96. The first kappa shape index (κ1) is 15.3. The number of hydrogen-bond acceptors (Lipinski definition) is 6. The second-order valence-electron chi connectivity index (χ2n) is 4.76. The number of ether oxygens (including phenoxy) is 1. The summed E-state index contributed by atoms with van der Waals surface area (Å²) >= 11 is 3.19. The molecular weight excluding hydrogens is 290 g/mol. The molecule has 1 aromatic heterocycles. The Labute approximate surface area is 128 Å². The van der Waals surface area contributed by atoms with E-state index >= 15 is 0 Å². The Balaban J connectivity index is 1.88. The second kappa shape index (κ2) is 7.61. The van der Waals surface area contributed by atoms with Crippen molar-refractivity contribution in [2.75, 3.05) is 12.8 Å². The summed E-state index contributed by atoms with van der Waals surface area (Å²) in [5.41, 5.74) is 0. The molecule has 0 unspecified atom stereocenters. The number of benzene rings is 1. The first-order chi connectivity index (χ1) is 9.67. The molecule has 1 aromatic carbocycles. The van der Waals surface area contributed by atoms with E-state index in [1.54, 1.807) is 11.8 Å². The highest BCUT2D eigenvalue weighted by molar-refractivity contribution is 7.98. The molecule has 2 rings (SSSR count). The Morgan fingerprint density at radius 2 is 2.00 bits per heavy atom. The lowest BCUT2D eigenvalue weighted by Gasteiger charge is -2.04. The number of nitrogens with zero attached hydrogens (tertiary/aromatic N) is 2. The molecule has 0 bridgehead atoms. The molecule has 0 spiro atoms. The van der Waals surface area contributed by atoms with Crippen molar-refractivity contribution in [1.82, 2.24) is 15.5 Å². The maximum absolute atomic E-state index is 5.69. The number of hydrogen-bond donors (Lipinski definition) is 1. The Bertz CT molecular complexity index is 525.